The van der Waals surface area contributed by atoms with Crippen molar-refractivity contribution >= 4 is 39.4 Å². The van der Waals surface area contributed by atoms with Crippen LogP contribution in [0.2, 0.25) is 0 Å². The first-order valence-electron chi connectivity index (χ1n) is 12.9. The SMILES string of the molecule is CC(=O)Nc1cccc(NS(=O)(=O)C2(CN3CCc4c(C(=O)NCc5ccc(C#N)cc5)nn(C)c4C3=O)CC2)n1. The molecule has 2 aromatic heterocycles. The molecule has 5 rings (SSSR count). The summed E-state index contributed by atoms with van der Waals surface area (Å²) in [6.07, 6.45) is 1.09. The third-order valence-electron chi connectivity index (χ3n) is 7.17. The number of nitrogens with one attached hydrogen (secondary N) is 3. The van der Waals surface area contributed by atoms with Gasteiger partial charge in [0.25, 0.3) is 11.8 Å². The number of amides is 3. The Morgan fingerprint density at radius 1 is 1.12 bits per heavy atom. The number of aryl methyl sites for hydroxylation is 1. The molecule has 0 bridgehead atoms. The van der Waals surface area contributed by atoms with E-state index < -0.39 is 20.7 Å². The van der Waals surface area contributed by atoms with Crippen molar-refractivity contribution in [2.45, 2.75) is 37.5 Å². The van der Waals surface area contributed by atoms with Crippen LogP contribution in [0.15, 0.2) is 42.5 Å². The predicted octanol–water partition coefficient (Wildman–Crippen LogP) is 1.55. The smallest absolute Gasteiger partial charge is 0.272 e. The maximum absolute atomic E-state index is 13.5. The molecule has 212 valence electrons. The summed E-state index contributed by atoms with van der Waals surface area (Å²) in [6, 6.07) is 13.5. The van der Waals surface area contributed by atoms with Gasteiger partial charge in [0.2, 0.25) is 15.9 Å². The highest BCUT2D eigenvalue weighted by Crippen LogP contribution is 2.45. The Kier molecular flexibility index (Phi) is 7.22. The van der Waals surface area contributed by atoms with E-state index in [2.05, 4.69) is 25.4 Å². The molecule has 1 fully saturated rings. The maximum Gasteiger partial charge on any atom is 0.272 e. The Balaban J connectivity index is 1.27. The molecule has 13 nitrogen and oxygen atoms in total. The van der Waals surface area contributed by atoms with Crippen LogP contribution in [0.25, 0.3) is 0 Å². The average Bonchev–Trinajstić information content (AvgIpc) is 3.65. The van der Waals surface area contributed by atoms with Crippen LogP contribution in [-0.4, -0.2) is 63.6 Å². The van der Waals surface area contributed by atoms with Gasteiger partial charge in [-0.05, 0) is 49.1 Å². The van der Waals surface area contributed by atoms with Gasteiger partial charge in [0.15, 0.2) is 5.69 Å². The molecule has 41 heavy (non-hydrogen) atoms. The number of carbonyl (C=O) groups is 3. The Bertz CT molecular complexity index is 1690. The topological polar surface area (TPSA) is 179 Å². The lowest BCUT2D eigenvalue weighted by atomic mass is 10.0. The molecule has 0 unspecified atom stereocenters. The molecule has 1 aliphatic heterocycles. The third kappa shape index (κ3) is 5.62. The van der Waals surface area contributed by atoms with E-state index in [9.17, 15) is 22.8 Å². The molecule has 1 aliphatic carbocycles. The lowest BCUT2D eigenvalue weighted by Crippen LogP contribution is -2.47. The van der Waals surface area contributed by atoms with Gasteiger partial charge < -0.3 is 15.5 Å². The zero-order valence-electron chi connectivity index (χ0n) is 22.5. The minimum absolute atomic E-state index is 0.0165. The van der Waals surface area contributed by atoms with Crippen LogP contribution < -0.4 is 15.4 Å². The third-order valence-corrected chi connectivity index (χ3v) is 9.32. The Labute approximate surface area is 236 Å². The molecule has 1 saturated carbocycles. The molecule has 14 heteroatoms. The van der Waals surface area contributed by atoms with E-state index in [1.54, 1.807) is 43.4 Å². The molecular formula is C27H28N8O5S. The second kappa shape index (κ2) is 10.7. The summed E-state index contributed by atoms with van der Waals surface area (Å²) in [7, 11) is -2.35. The highest BCUT2D eigenvalue weighted by atomic mass is 32.2. The van der Waals surface area contributed by atoms with E-state index in [0.717, 1.165) is 5.56 Å². The summed E-state index contributed by atoms with van der Waals surface area (Å²) in [6.45, 7) is 1.78. The minimum atomic E-state index is -3.93. The number of hydrogen-bond acceptors (Lipinski definition) is 8. The van der Waals surface area contributed by atoms with E-state index in [1.165, 1.54) is 22.6 Å². The summed E-state index contributed by atoms with van der Waals surface area (Å²) in [5.74, 6) is -0.861. The van der Waals surface area contributed by atoms with E-state index in [4.69, 9.17) is 5.26 Å². The van der Waals surface area contributed by atoms with Crippen molar-refractivity contribution in [3.8, 4) is 6.07 Å². The molecule has 3 aromatic rings. The fourth-order valence-corrected chi connectivity index (χ4v) is 6.42. The minimum Gasteiger partial charge on any atom is -0.347 e. The van der Waals surface area contributed by atoms with Gasteiger partial charge in [0, 0.05) is 39.2 Å². The first kappa shape index (κ1) is 27.8. The number of fused-ring (bicyclic) bond motifs is 1. The van der Waals surface area contributed by atoms with Crippen molar-refractivity contribution < 1.29 is 22.8 Å². The van der Waals surface area contributed by atoms with Gasteiger partial charge in [0.1, 0.15) is 22.1 Å². The normalized spacial score (nSPS) is 15.4. The van der Waals surface area contributed by atoms with Crippen molar-refractivity contribution in [3.63, 3.8) is 0 Å². The monoisotopic (exact) mass is 576 g/mol. The van der Waals surface area contributed by atoms with Crippen molar-refractivity contribution in [2.24, 2.45) is 7.05 Å². The number of nitriles is 1. The molecule has 1 aromatic carbocycles. The number of hydrogen-bond donors (Lipinski definition) is 3. The summed E-state index contributed by atoms with van der Waals surface area (Å²) >= 11 is 0. The molecule has 3 N–H and O–H groups in total. The summed E-state index contributed by atoms with van der Waals surface area (Å²) < 4.78 is 29.4. The van der Waals surface area contributed by atoms with Crippen molar-refractivity contribution in [1.82, 2.24) is 25.0 Å². The molecule has 0 spiro atoms. The fraction of sp³-hybridized carbons (Fsp3) is 0.333. The number of rotatable bonds is 9. The number of nitrogens with zero attached hydrogens (tertiary/aromatic N) is 5. The quantitative estimate of drug-likeness (QED) is 0.343. The molecule has 3 amide bonds. The van der Waals surface area contributed by atoms with E-state index >= 15 is 0 Å². The van der Waals surface area contributed by atoms with Gasteiger partial charge in [-0.3, -0.25) is 23.8 Å². The van der Waals surface area contributed by atoms with E-state index in [1.807, 2.05) is 6.07 Å². The summed E-state index contributed by atoms with van der Waals surface area (Å²) in [4.78, 5) is 43.4. The highest BCUT2D eigenvalue weighted by Gasteiger charge is 2.56. The average molecular weight is 577 g/mol. The first-order chi connectivity index (χ1) is 19.5. The van der Waals surface area contributed by atoms with Gasteiger partial charge in [-0.15, -0.1) is 0 Å². The first-order valence-corrected chi connectivity index (χ1v) is 14.4. The van der Waals surface area contributed by atoms with Crippen LogP contribution in [-0.2, 0) is 34.8 Å². The maximum atomic E-state index is 13.5. The lowest BCUT2D eigenvalue weighted by Gasteiger charge is -2.31. The fourth-order valence-electron chi connectivity index (χ4n) is 4.85. The number of benzene rings is 1. The van der Waals surface area contributed by atoms with Crippen molar-refractivity contribution in [3.05, 3.63) is 70.5 Å². The molecule has 2 aliphatic rings. The van der Waals surface area contributed by atoms with Crippen molar-refractivity contribution in [1.29, 1.82) is 5.26 Å². The zero-order valence-corrected chi connectivity index (χ0v) is 23.3. The highest BCUT2D eigenvalue weighted by molar-refractivity contribution is 7.94. The van der Waals surface area contributed by atoms with Crippen LogP contribution >= 0.6 is 0 Å². The van der Waals surface area contributed by atoms with Crippen LogP contribution in [0.1, 0.15) is 57.4 Å². The molecular weight excluding hydrogens is 548 g/mol. The summed E-state index contributed by atoms with van der Waals surface area (Å²) in [5.41, 5.74) is 2.27. The van der Waals surface area contributed by atoms with E-state index in [-0.39, 0.29) is 54.5 Å². The number of pyridine rings is 1. The number of anilines is 2. The number of carbonyl (C=O) groups excluding carboxylic acids is 3. The molecule has 0 atom stereocenters. The number of aromatic nitrogens is 3. The largest absolute Gasteiger partial charge is 0.347 e. The molecule has 3 heterocycles. The van der Waals surface area contributed by atoms with E-state index in [0.29, 0.717) is 30.4 Å². The van der Waals surface area contributed by atoms with Crippen LogP contribution in [0.3, 0.4) is 0 Å². The summed E-state index contributed by atoms with van der Waals surface area (Å²) in [5, 5.41) is 18.6. The van der Waals surface area contributed by atoms with Gasteiger partial charge in [-0.2, -0.15) is 10.4 Å². The predicted molar refractivity (Wildman–Crippen MR) is 148 cm³/mol. The van der Waals surface area contributed by atoms with Crippen LogP contribution in [0, 0.1) is 11.3 Å². The van der Waals surface area contributed by atoms with Gasteiger partial charge in [-0.1, -0.05) is 18.2 Å². The Morgan fingerprint density at radius 2 is 1.83 bits per heavy atom. The molecule has 0 radical (unpaired) electrons. The lowest BCUT2D eigenvalue weighted by molar-refractivity contribution is -0.114. The van der Waals surface area contributed by atoms with Crippen LogP contribution in [0.4, 0.5) is 11.6 Å². The Morgan fingerprint density at radius 3 is 2.49 bits per heavy atom. The van der Waals surface area contributed by atoms with Crippen molar-refractivity contribution in [2.75, 3.05) is 23.1 Å². The van der Waals surface area contributed by atoms with Gasteiger partial charge in [-0.25, -0.2) is 13.4 Å². The second-order valence-electron chi connectivity index (χ2n) is 10.1. The zero-order chi connectivity index (χ0) is 29.4. The second-order valence-corrected chi connectivity index (χ2v) is 12.2. The number of sulfonamides is 1. The van der Waals surface area contributed by atoms with Crippen LogP contribution in [0.5, 0.6) is 0 Å². The van der Waals surface area contributed by atoms with Gasteiger partial charge >= 0.3 is 0 Å². The molecule has 0 saturated heterocycles. The van der Waals surface area contributed by atoms with Gasteiger partial charge in [0.05, 0.1) is 11.6 Å². The Hall–Kier alpha value is -4.77. The standard InChI is InChI=1S/C27H28N8O5S/c1-17(36)30-21-4-3-5-22(31-21)33-41(39,40)27(11-12-27)16-35-13-10-20-23(32-34(2)24(20)26(35)38)25(37)29-15-19-8-6-18(14-28)7-9-19/h3-9H,10-13,15-16H2,1-2H3,(H,29,37)(H2,30,31,33,36).